The molecule has 0 saturated heterocycles. The van der Waals surface area contributed by atoms with Crippen LogP contribution in [0.4, 0.5) is 8.78 Å². The van der Waals surface area contributed by atoms with Crippen molar-refractivity contribution in [1.82, 2.24) is 5.32 Å². The highest BCUT2D eigenvalue weighted by Gasteiger charge is 2.18. The minimum atomic E-state index is -0.859. The summed E-state index contributed by atoms with van der Waals surface area (Å²) in [7, 11) is 0. The van der Waals surface area contributed by atoms with Crippen LogP contribution in [-0.4, -0.2) is 6.54 Å². The van der Waals surface area contributed by atoms with E-state index in [1.54, 1.807) is 12.1 Å². The lowest BCUT2D eigenvalue weighted by atomic mass is 9.98. The van der Waals surface area contributed by atoms with Crippen LogP contribution in [0.1, 0.15) is 30.5 Å². The van der Waals surface area contributed by atoms with Crippen molar-refractivity contribution in [2.75, 3.05) is 6.54 Å². The molecule has 1 atom stereocenters. The van der Waals surface area contributed by atoms with Gasteiger partial charge in [0.2, 0.25) is 0 Å². The van der Waals surface area contributed by atoms with E-state index in [1.807, 2.05) is 19.1 Å². The smallest absolute Gasteiger partial charge is 0.159 e. The van der Waals surface area contributed by atoms with Gasteiger partial charge in [-0.05, 0) is 54.4 Å². The van der Waals surface area contributed by atoms with Crippen LogP contribution < -0.4 is 5.32 Å². The number of rotatable bonds is 5. The van der Waals surface area contributed by atoms with Gasteiger partial charge in [-0.3, -0.25) is 0 Å². The number of halogens is 4. The Kier molecular flexibility index (Phi) is 5.73. The van der Waals surface area contributed by atoms with E-state index in [9.17, 15) is 8.78 Å². The van der Waals surface area contributed by atoms with Gasteiger partial charge in [0.05, 0.1) is 6.04 Å². The maximum absolute atomic E-state index is 13.5. The third kappa shape index (κ3) is 4.02. The second kappa shape index (κ2) is 7.34. The molecule has 0 aliphatic rings. The lowest BCUT2D eigenvalue weighted by Gasteiger charge is -2.21. The first kappa shape index (κ1) is 16.4. The Hall–Kier alpha value is -0.970. The maximum Gasteiger partial charge on any atom is 0.159 e. The summed E-state index contributed by atoms with van der Waals surface area (Å²) in [6.07, 6.45) is 0.922. The number of benzene rings is 2. The molecule has 2 aromatic carbocycles. The summed E-state index contributed by atoms with van der Waals surface area (Å²) in [5.74, 6) is -1.71. The molecular weight excluding hydrogens is 360 g/mol. The molecule has 0 bridgehead atoms. The monoisotopic (exact) mass is 373 g/mol. The van der Waals surface area contributed by atoms with Gasteiger partial charge in [0.1, 0.15) is 0 Å². The second-order valence-electron chi connectivity index (χ2n) is 4.73. The van der Waals surface area contributed by atoms with E-state index >= 15 is 0 Å². The summed E-state index contributed by atoms with van der Waals surface area (Å²) < 4.78 is 27.5. The molecule has 0 heterocycles. The highest BCUT2D eigenvalue weighted by Crippen LogP contribution is 2.31. The second-order valence-corrected chi connectivity index (χ2v) is 6.05. The van der Waals surface area contributed by atoms with Crippen molar-refractivity contribution in [3.05, 3.63) is 68.7 Å². The zero-order valence-electron chi connectivity index (χ0n) is 11.5. The summed E-state index contributed by atoms with van der Waals surface area (Å²) in [4.78, 5) is 0. The average Bonchev–Trinajstić information content (AvgIpc) is 2.46. The highest BCUT2D eigenvalue weighted by atomic mass is 79.9. The summed E-state index contributed by atoms with van der Waals surface area (Å²) in [5, 5.41) is 3.90. The molecule has 1 nitrogen and oxygen atoms in total. The minimum absolute atomic E-state index is 0.287. The van der Waals surface area contributed by atoms with E-state index < -0.39 is 11.6 Å². The Labute approximate surface area is 136 Å². The molecule has 2 aromatic rings. The number of nitrogens with one attached hydrogen (secondary N) is 1. The Morgan fingerprint density at radius 3 is 2.57 bits per heavy atom. The fourth-order valence-electron chi connectivity index (χ4n) is 2.12. The quantitative estimate of drug-likeness (QED) is 0.732. The standard InChI is InChI=1S/C16H15BrClF2N/c1-2-7-21-16(10-3-6-14(19)15(20)8-10)12-9-11(17)4-5-13(12)18/h3-6,8-9,16,21H,2,7H2,1H3. The van der Waals surface area contributed by atoms with Crippen molar-refractivity contribution in [3.8, 4) is 0 Å². The van der Waals surface area contributed by atoms with Crippen LogP contribution in [0.3, 0.4) is 0 Å². The van der Waals surface area contributed by atoms with Crippen LogP contribution >= 0.6 is 27.5 Å². The van der Waals surface area contributed by atoms with Gasteiger partial charge in [0.15, 0.2) is 11.6 Å². The van der Waals surface area contributed by atoms with Crippen LogP contribution in [0.25, 0.3) is 0 Å². The fourth-order valence-corrected chi connectivity index (χ4v) is 2.73. The Bertz CT molecular complexity index is 634. The molecule has 0 amide bonds. The van der Waals surface area contributed by atoms with Crippen molar-refractivity contribution in [2.45, 2.75) is 19.4 Å². The van der Waals surface area contributed by atoms with Gasteiger partial charge in [-0.15, -0.1) is 0 Å². The van der Waals surface area contributed by atoms with Crippen molar-refractivity contribution >= 4 is 27.5 Å². The fraction of sp³-hybridized carbons (Fsp3) is 0.250. The number of hydrogen-bond acceptors (Lipinski definition) is 1. The lowest BCUT2D eigenvalue weighted by molar-refractivity contribution is 0.503. The molecule has 0 fully saturated rings. The predicted molar refractivity (Wildman–Crippen MR) is 85.6 cm³/mol. The van der Waals surface area contributed by atoms with Crippen molar-refractivity contribution in [1.29, 1.82) is 0 Å². The summed E-state index contributed by atoms with van der Waals surface area (Å²) >= 11 is 9.67. The molecule has 0 spiro atoms. The molecule has 1 N–H and O–H groups in total. The van der Waals surface area contributed by atoms with Gasteiger partial charge in [-0.2, -0.15) is 0 Å². The van der Waals surface area contributed by atoms with Crippen LogP contribution in [-0.2, 0) is 0 Å². The van der Waals surface area contributed by atoms with E-state index in [2.05, 4.69) is 21.2 Å². The highest BCUT2D eigenvalue weighted by molar-refractivity contribution is 9.10. The minimum Gasteiger partial charge on any atom is -0.306 e. The molecule has 2 rings (SSSR count). The van der Waals surface area contributed by atoms with Crippen LogP contribution in [0, 0.1) is 11.6 Å². The molecule has 0 aromatic heterocycles. The van der Waals surface area contributed by atoms with E-state index in [1.165, 1.54) is 6.07 Å². The van der Waals surface area contributed by atoms with Gasteiger partial charge in [0, 0.05) is 9.50 Å². The van der Waals surface area contributed by atoms with E-state index in [4.69, 9.17) is 11.6 Å². The van der Waals surface area contributed by atoms with Crippen molar-refractivity contribution in [3.63, 3.8) is 0 Å². The molecule has 1 unspecified atom stereocenters. The summed E-state index contributed by atoms with van der Waals surface area (Å²) in [5.41, 5.74) is 1.47. The molecule has 0 aliphatic heterocycles. The Balaban J connectivity index is 2.46. The molecule has 0 radical (unpaired) electrons. The first-order chi connectivity index (χ1) is 10.0. The number of hydrogen-bond donors (Lipinski definition) is 1. The van der Waals surface area contributed by atoms with Crippen LogP contribution in [0.2, 0.25) is 5.02 Å². The molecule has 112 valence electrons. The molecule has 0 saturated carbocycles. The first-order valence-corrected chi connectivity index (χ1v) is 7.83. The van der Waals surface area contributed by atoms with Gasteiger partial charge in [0.25, 0.3) is 0 Å². The third-order valence-corrected chi connectivity index (χ3v) is 3.98. The largest absolute Gasteiger partial charge is 0.306 e. The van der Waals surface area contributed by atoms with E-state index in [0.29, 0.717) is 10.6 Å². The average molecular weight is 375 g/mol. The SMILES string of the molecule is CCCNC(c1ccc(F)c(F)c1)c1cc(Br)ccc1Cl. The molecule has 0 aliphatic carbocycles. The third-order valence-electron chi connectivity index (χ3n) is 3.14. The van der Waals surface area contributed by atoms with Crippen molar-refractivity contribution < 1.29 is 8.78 Å². The van der Waals surface area contributed by atoms with E-state index in [0.717, 1.165) is 29.1 Å². The van der Waals surface area contributed by atoms with Gasteiger partial charge in [-0.25, -0.2) is 8.78 Å². The maximum atomic E-state index is 13.5. The molecule has 21 heavy (non-hydrogen) atoms. The normalized spacial score (nSPS) is 12.4. The topological polar surface area (TPSA) is 12.0 Å². The molecular formula is C16H15BrClF2N. The van der Waals surface area contributed by atoms with Gasteiger partial charge < -0.3 is 5.32 Å². The summed E-state index contributed by atoms with van der Waals surface area (Å²) in [6, 6.07) is 9.14. The zero-order valence-corrected chi connectivity index (χ0v) is 13.8. The van der Waals surface area contributed by atoms with Crippen molar-refractivity contribution in [2.24, 2.45) is 0 Å². The van der Waals surface area contributed by atoms with Gasteiger partial charge in [-0.1, -0.05) is 40.5 Å². The Morgan fingerprint density at radius 2 is 1.90 bits per heavy atom. The van der Waals surface area contributed by atoms with E-state index in [-0.39, 0.29) is 6.04 Å². The predicted octanol–water partition coefficient (Wildman–Crippen LogP) is 5.47. The molecule has 5 heteroatoms. The van der Waals surface area contributed by atoms with Crippen LogP contribution in [0.5, 0.6) is 0 Å². The first-order valence-electron chi connectivity index (χ1n) is 6.66. The zero-order chi connectivity index (χ0) is 15.4. The lowest BCUT2D eigenvalue weighted by Crippen LogP contribution is -2.23. The van der Waals surface area contributed by atoms with Gasteiger partial charge >= 0.3 is 0 Å². The van der Waals surface area contributed by atoms with Crippen LogP contribution in [0.15, 0.2) is 40.9 Å². The Morgan fingerprint density at radius 1 is 1.14 bits per heavy atom. The summed E-state index contributed by atoms with van der Waals surface area (Å²) in [6.45, 7) is 2.78.